The van der Waals surface area contributed by atoms with Crippen molar-refractivity contribution in [2.75, 3.05) is 6.54 Å². The van der Waals surface area contributed by atoms with Crippen LogP contribution in [0.4, 0.5) is 0 Å². The van der Waals surface area contributed by atoms with E-state index in [2.05, 4.69) is 5.32 Å². The Kier molecular flexibility index (Phi) is 5.39. The van der Waals surface area contributed by atoms with Gasteiger partial charge in [0.05, 0.1) is 6.26 Å². The van der Waals surface area contributed by atoms with Gasteiger partial charge in [0.1, 0.15) is 0 Å². The van der Waals surface area contributed by atoms with Gasteiger partial charge in [-0.3, -0.25) is 9.59 Å². The predicted molar refractivity (Wildman–Crippen MR) is 57.7 cm³/mol. The van der Waals surface area contributed by atoms with Crippen LogP contribution >= 0.6 is 0 Å². The molecule has 1 rings (SSSR count). The number of unbranched alkanes of at least 4 members (excludes halogenated alkanes) is 2. The van der Waals surface area contributed by atoms with E-state index in [1.54, 1.807) is 0 Å². The van der Waals surface area contributed by atoms with Crippen LogP contribution in [0.5, 0.6) is 0 Å². The van der Waals surface area contributed by atoms with Gasteiger partial charge in [-0.1, -0.05) is 6.42 Å². The van der Waals surface area contributed by atoms with E-state index in [-0.39, 0.29) is 18.4 Å². The molecular weight excluding hydrogens is 210 g/mol. The third kappa shape index (κ3) is 4.82. The topological polar surface area (TPSA) is 75.6 Å². The molecule has 2 N–H and O–H groups in total. The highest BCUT2D eigenvalue weighted by molar-refractivity contribution is 5.81. The number of carbonyl (C=O) groups excluding carboxylic acids is 1. The zero-order chi connectivity index (χ0) is 11.8. The van der Waals surface area contributed by atoms with E-state index in [1.165, 1.54) is 6.26 Å². The largest absolute Gasteiger partial charge is 0.488 e. The van der Waals surface area contributed by atoms with Crippen LogP contribution in [0.2, 0.25) is 0 Å². The van der Waals surface area contributed by atoms with E-state index >= 15 is 0 Å². The fourth-order valence-corrected chi connectivity index (χ4v) is 1.46. The molecule has 0 aliphatic carbocycles. The van der Waals surface area contributed by atoms with Gasteiger partial charge < -0.3 is 15.2 Å². The van der Waals surface area contributed by atoms with Crippen LogP contribution in [0, 0.1) is 0 Å². The normalized spacial score (nSPS) is 18.1. The van der Waals surface area contributed by atoms with E-state index in [4.69, 9.17) is 9.84 Å². The highest BCUT2D eigenvalue weighted by atomic mass is 16.5. The molecule has 1 unspecified atom stereocenters. The molecular formula is C11H17NO4. The minimum Gasteiger partial charge on any atom is -0.488 e. The van der Waals surface area contributed by atoms with Crippen molar-refractivity contribution in [1.82, 2.24) is 5.32 Å². The molecule has 5 nitrogen and oxygen atoms in total. The summed E-state index contributed by atoms with van der Waals surface area (Å²) in [4.78, 5) is 21.6. The first kappa shape index (κ1) is 12.5. The number of carboxylic acid groups (broad SMARTS) is 1. The fourth-order valence-electron chi connectivity index (χ4n) is 1.46. The molecule has 1 aliphatic heterocycles. The lowest BCUT2D eigenvalue weighted by Crippen LogP contribution is -2.34. The van der Waals surface area contributed by atoms with Gasteiger partial charge in [0, 0.05) is 19.4 Å². The van der Waals surface area contributed by atoms with Gasteiger partial charge >= 0.3 is 5.97 Å². The standard InChI is InChI=1S/C11H17NO4/c13-10(14)6-2-1-3-7-12-11(15)9-5-4-8-16-9/h4,8-9H,1-3,5-7H2,(H,12,15)(H,13,14). The van der Waals surface area contributed by atoms with E-state index in [0.717, 1.165) is 12.8 Å². The van der Waals surface area contributed by atoms with Gasteiger partial charge in [0.2, 0.25) is 0 Å². The molecule has 0 aromatic heterocycles. The molecule has 16 heavy (non-hydrogen) atoms. The average Bonchev–Trinajstić information content (AvgIpc) is 2.75. The second-order valence-corrected chi connectivity index (χ2v) is 3.73. The van der Waals surface area contributed by atoms with Crippen molar-refractivity contribution in [3.05, 3.63) is 12.3 Å². The molecule has 0 spiro atoms. The minimum absolute atomic E-state index is 0.0942. The van der Waals surface area contributed by atoms with Gasteiger partial charge in [-0.2, -0.15) is 0 Å². The Labute approximate surface area is 94.5 Å². The van der Waals surface area contributed by atoms with Gasteiger partial charge in [0.25, 0.3) is 5.91 Å². The molecule has 0 radical (unpaired) electrons. The van der Waals surface area contributed by atoms with Gasteiger partial charge in [0.15, 0.2) is 6.10 Å². The smallest absolute Gasteiger partial charge is 0.303 e. The molecule has 1 atom stereocenters. The predicted octanol–water partition coefficient (Wildman–Crippen LogP) is 1.05. The fraction of sp³-hybridized carbons (Fsp3) is 0.636. The summed E-state index contributed by atoms with van der Waals surface area (Å²) >= 11 is 0. The summed E-state index contributed by atoms with van der Waals surface area (Å²) in [6.07, 6.45) is 6.09. The van der Waals surface area contributed by atoms with Crippen molar-refractivity contribution in [2.24, 2.45) is 0 Å². The monoisotopic (exact) mass is 227 g/mol. The molecule has 0 aromatic carbocycles. The molecule has 5 heteroatoms. The van der Waals surface area contributed by atoms with Crippen molar-refractivity contribution in [2.45, 2.75) is 38.2 Å². The number of aliphatic carboxylic acids is 1. The van der Waals surface area contributed by atoms with Gasteiger partial charge in [-0.25, -0.2) is 0 Å². The van der Waals surface area contributed by atoms with Crippen LogP contribution in [0.1, 0.15) is 32.1 Å². The Morgan fingerprint density at radius 1 is 1.38 bits per heavy atom. The molecule has 90 valence electrons. The van der Waals surface area contributed by atoms with Crippen molar-refractivity contribution >= 4 is 11.9 Å². The molecule has 0 saturated heterocycles. The third-order valence-corrected chi connectivity index (χ3v) is 2.35. The maximum absolute atomic E-state index is 11.4. The zero-order valence-electron chi connectivity index (χ0n) is 9.15. The van der Waals surface area contributed by atoms with Crippen LogP contribution in [-0.2, 0) is 14.3 Å². The number of nitrogens with one attached hydrogen (secondary N) is 1. The number of hydrogen-bond donors (Lipinski definition) is 2. The van der Waals surface area contributed by atoms with E-state index in [9.17, 15) is 9.59 Å². The number of rotatable bonds is 7. The maximum Gasteiger partial charge on any atom is 0.303 e. The first-order chi connectivity index (χ1) is 7.70. The van der Waals surface area contributed by atoms with Gasteiger partial charge in [-0.05, 0) is 18.9 Å². The van der Waals surface area contributed by atoms with Crippen molar-refractivity contribution in [3.63, 3.8) is 0 Å². The molecule has 1 heterocycles. The van der Waals surface area contributed by atoms with Crippen LogP contribution in [0.3, 0.4) is 0 Å². The lowest BCUT2D eigenvalue weighted by atomic mass is 10.2. The Morgan fingerprint density at radius 2 is 2.19 bits per heavy atom. The van der Waals surface area contributed by atoms with Crippen LogP contribution in [0.15, 0.2) is 12.3 Å². The summed E-state index contributed by atoms with van der Waals surface area (Å²) in [6, 6.07) is 0. The Hall–Kier alpha value is -1.52. The summed E-state index contributed by atoms with van der Waals surface area (Å²) in [5.74, 6) is -0.863. The lowest BCUT2D eigenvalue weighted by Gasteiger charge is -2.10. The van der Waals surface area contributed by atoms with E-state index in [0.29, 0.717) is 19.4 Å². The number of hydrogen-bond acceptors (Lipinski definition) is 3. The number of ether oxygens (including phenoxy) is 1. The SMILES string of the molecule is O=C(O)CCCCCNC(=O)C1CC=CO1. The molecule has 1 amide bonds. The Bertz CT molecular complexity index is 267. The summed E-state index contributed by atoms with van der Waals surface area (Å²) in [7, 11) is 0. The summed E-state index contributed by atoms with van der Waals surface area (Å²) in [5.41, 5.74) is 0. The second kappa shape index (κ2) is 6.87. The van der Waals surface area contributed by atoms with Crippen LogP contribution in [0.25, 0.3) is 0 Å². The van der Waals surface area contributed by atoms with Crippen molar-refractivity contribution < 1.29 is 19.4 Å². The average molecular weight is 227 g/mol. The van der Waals surface area contributed by atoms with E-state index < -0.39 is 5.97 Å². The molecule has 0 saturated carbocycles. The second-order valence-electron chi connectivity index (χ2n) is 3.73. The first-order valence-electron chi connectivity index (χ1n) is 5.50. The molecule has 0 aromatic rings. The van der Waals surface area contributed by atoms with Crippen LogP contribution in [-0.4, -0.2) is 29.6 Å². The van der Waals surface area contributed by atoms with Gasteiger partial charge in [-0.15, -0.1) is 0 Å². The number of carboxylic acids is 1. The minimum atomic E-state index is -0.769. The summed E-state index contributed by atoms with van der Waals surface area (Å²) in [6.45, 7) is 0.582. The molecule has 1 aliphatic rings. The van der Waals surface area contributed by atoms with Crippen molar-refractivity contribution in [3.8, 4) is 0 Å². The number of amides is 1. The summed E-state index contributed by atoms with van der Waals surface area (Å²) in [5, 5.41) is 11.2. The third-order valence-electron chi connectivity index (χ3n) is 2.35. The maximum atomic E-state index is 11.4. The highest BCUT2D eigenvalue weighted by Gasteiger charge is 2.19. The van der Waals surface area contributed by atoms with Crippen molar-refractivity contribution in [1.29, 1.82) is 0 Å². The first-order valence-corrected chi connectivity index (χ1v) is 5.50. The van der Waals surface area contributed by atoms with E-state index in [1.807, 2.05) is 6.08 Å². The molecule has 0 bridgehead atoms. The Balaban J connectivity index is 1.94. The number of carbonyl (C=O) groups is 2. The lowest BCUT2D eigenvalue weighted by molar-refractivity contribution is -0.137. The molecule has 0 fully saturated rings. The zero-order valence-corrected chi connectivity index (χ0v) is 9.15. The summed E-state index contributed by atoms with van der Waals surface area (Å²) < 4.78 is 5.05. The highest BCUT2D eigenvalue weighted by Crippen LogP contribution is 2.08. The quantitative estimate of drug-likeness (QED) is 0.637. The Morgan fingerprint density at radius 3 is 2.81 bits per heavy atom. The van der Waals surface area contributed by atoms with Crippen LogP contribution < -0.4 is 5.32 Å².